The van der Waals surface area contributed by atoms with Crippen molar-refractivity contribution in [2.75, 3.05) is 13.6 Å². The maximum Gasteiger partial charge on any atom is 0.117 e. The maximum atomic E-state index is 5.40. The van der Waals surface area contributed by atoms with Crippen LogP contribution < -0.4 is 5.32 Å². The zero-order valence-corrected chi connectivity index (χ0v) is 9.79. The van der Waals surface area contributed by atoms with E-state index in [2.05, 4.69) is 24.1 Å². The third kappa shape index (κ3) is 1.94. The molecule has 0 aliphatic carbocycles. The zero-order valence-electron chi connectivity index (χ0n) is 9.79. The molecule has 1 N–H and O–H groups in total. The maximum absolute atomic E-state index is 5.40. The van der Waals surface area contributed by atoms with Crippen LogP contribution in [0.4, 0.5) is 0 Å². The smallest absolute Gasteiger partial charge is 0.117 e. The Labute approximate surface area is 91.4 Å². The van der Waals surface area contributed by atoms with Crippen LogP contribution in [-0.2, 0) is 6.54 Å². The van der Waals surface area contributed by atoms with E-state index in [-0.39, 0.29) is 5.54 Å². The van der Waals surface area contributed by atoms with Crippen molar-refractivity contribution in [3.63, 3.8) is 0 Å². The van der Waals surface area contributed by atoms with Gasteiger partial charge in [0.05, 0.1) is 12.8 Å². The second kappa shape index (κ2) is 3.99. The second-order valence-electron chi connectivity index (χ2n) is 4.78. The lowest BCUT2D eigenvalue weighted by Crippen LogP contribution is -2.49. The fraction of sp³-hybridized carbons (Fsp3) is 0.667. The number of rotatable bonds is 3. The van der Waals surface area contributed by atoms with Gasteiger partial charge in [0.2, 0.25) is 0 Å². The topological polar surface area (TPSA) is 28.4 Å². The Morgan fingerprint density at radius 3 is 2.93 bits per heavy atom. The highest BCUT2D eigenvalue weighted by atomic mass is 16.3. The van der Waals surface area contributed by atoms with Crippen LogP contribution in [0.2, 0.25) is 0 Å². The van der Waals surface area contributed by atoms with E-state index in [9.17, 15) is 0 Å². The molecule has 1 fully saturated rings. The predicted molar refractivity (Wildman–Crippen MR) is 60.7 cm³/mol. The van der Waals surface area contributed by atoms with Crippen LogP contribution in [0.5, 0.6) is 0 Å². The molecule has 3 heteroatoms. The molecule has 2 rings (SSSR count). The van der Waals surface area contributed by atoms with E-state index in [1.165, 1.54) is 6.42 Å². The van der Waals surface area contributed by atoms with E-state index in [0.29, 0.717) is 6.04 Å². The Hall–Kier alpha value is -0.800. The molecule has 1 aromatic heterocycles. The first-order chi connectivity index (χ1) is 7.14. The molecular formula is C12H20N2O. The van der Waals surface area contributed by atoms with Crippen LogP contribution in [0.3, 0.4) is 0 Å². The van der Waals surface area contributed by atoms with Crippen LogP contribution in [0.25, 0.3) is 0 Å². The van der Waals surface area contributed by atoms with Crippen molar-refractivity contribution in [1.29, 1.82) is 0 Å². The number of likely N-dealkylation sites (tertiary alicyclic amines) is 1. The van der Waals surface area contributed by atoms with E-state index in [0.717, 1.165) is 18.8 Å². The van der Waals surface area contributed by atoms with Crippen LogP contribution in [0.1, 0.15) is 26.0 Å². The van der Waals surface area contributed by atoms with Crippen LogP contribution in [0.15, 0.2) is 22.8 Å². The van der Waals surface area contributed by atoms with Crippen molar-refractivity contribution < 1.29 is 4.42 Å². The Morgan fingerprint density at radius 2 is 2.40 bits per heavy atom. The number of nitrogens with zero attached hydrogens (tertiary/aromatic N) is 1. The predicted octanol–water partition coefficient (Wildman–Crippen LogP) is 1.85. The Balaban J connectivity index is 2.05. The number of furan rings is 1. The average Bonchev–Trinajstić information content (AvgIpc) is 2.77. The molecular weight excluding hydrogens is 188 g/mol. The van der Waals surface area contributed by atoms with Gasteiger partial charge in [0.15, 0.2) is 0 Å². The van der Waals surface area contributed by atoms with Crippen molar-refractivity contribution in [2.24, 2.45) is 0 Å². The summed E-state index contributed by atoms with van der Waals surface area (Å²) in [6.07, 6.45) is 2.96. The Morgan fingerprint density at radius 1 is 1.60 bits per heavy atom. The summed E-state index contributed by atoms with van der Waals surface area (Å²) >= 11 is 0. The monoisotopic (exact) mass is 208 g/mol. The molecule has 1 aliphatic rings. The van der Waals surface area contributed by atoms with Gasteiger partial charge in [-0.2, -0.15) is 0 Å². The molecule has 1 atom stereocenters. The molecule has 1 saturated heterocycles. The molecule has 84 valence electrons. The van der Waals surface area contributed by atoms with Gasteiger partial charge < -0.3 is 9.73 Å². The van der Waals surface area contributed by atoms with Gasteiger partial charge in [-0.15, -0.1) is 0 Å². The van der Waals surface area contributed by atoms with Crippen molar-refractivity contribution >= 4 is 0 Å². The average molecular weight is 208 g/mol. The Kier molecular flexibility index (Phi) is 2.85. The van der Waals surface area contributed by atoms with Gasteiger partial charge >= 0.3 is 0 Å². The van der Waals surface area contributed by atoms with E-state index in [1.54, 1.807) is 6.26 Å². The molecule has 3 nitrogen and oxygen atoms in total. The second-order valence-corrected chi connectivity index (χ2v) is 4.78. The minimum absolute atomic E-state index is 0.210. The summed E-state index contributed by atoms with van der Waals surface area (Å²) in [6, 6.07) is 4.57. The molecule has 1 aliphatic heterocycles. The highest BCUT2D eigenvalue weighted by molar-refractivity contribution is 5.04. The lowest BCUT2D eigenvalue weighted by molar-refractivity contribution is 0.135. The van der Waals surface area contributed by atoms with Crippen LogP contribution in [0, 0.1) is 0 Å². The van der Waals surface area contributed by atoms with Gasteiger partial charge in [-0.25, -0.2) is 0 Å². The summed E-state index contributed by atoms with van der Waals surface area (Å²) in [4.78, 5) is 2.48. The van der Waals surface area contributed by atoms with Crippen LogP contribution >= 0.6 is 0 Å². The van der Waals surface area contributed by atoms with Gasteiger partial charge in [-0.1, -0.05) is 0 Å². The molecule has 0 bridgehead atoms. The third-order valence-electron chi connectivity index (χ3n) is 3.63. The number of nitrogens with one attached hydrogen (secondary N) is 1. The highest BCUT2D eigenvalue weighted by Crippen LogP contribution is 2.30. The van der Waals surface area contributed by atoms with Gasteiger partial charge in [0, 0.05) is 18.1 Å². The van der Waals surface area contributed by atoms with Crippen molar-refractivity contribution in [1.82, 2.24) is 10.2 Å². The molecule has 0 aromatic carbocycles. The third-order valence-corrected chi connectivity index (χ3v) is 3.63. The largest absolute Gasteiger partial charge is 0.468 e. The summed E-state index contributed by atoms with van der Waals surface area (Å²) in [5.41, 5.74) is 0.210. The summed E-state index contributed by atoms with van der Waals surface area (Å²) in [5, 5.41) is 3.39. The quantitative estimate of drug-likeness (QED) is 0.821. The normalized spacial score (nSPS) is 25.9. The SMILES string of the molecule is CNC1CCN(Cc2ccco2)C1(C)C. The molecule has 1 unspecified atom stereocenters. The van der Waals surface area contributed by atoms with Gasteiger partial charge in [0.25, 0.3) is 0 Å². The Bertz CT molecular complexity index is 305. The van der Waals surface area contributed by atoms with E-state index < -0.39 is 0 Å². The summed E-state index contributed by atoms with van der Waals surface area (Å²) in [7, 11) is 2.04. The minimum Gasteiger partial charge on any atom is -0.468 e. The van der Waals surface area contributed by atoms with Crippen molar-refractivity contribution in [3.05, 3.63) is 24.2 Å². The molecule has 0 radical (unpaired) electrons. The molecule has 2 heterocycles. The van der Waals surface area contributed by atoms with E-state index in [1.807, 2.05) is 19.2 Å². The molecule has 1 aromatic rings. The molecule has 15 heavy (non-hydrogen) atoms. The molecule has 0 saturated carbocycles. The number of hydrogen-bond donors (Lipinski definition) is 1. The first-order valence-corrected chi connectivity index (χ1v) is 5.59. The fourth-order valence-electron chi connectivity index (χ4n) is 2.52. The summed E-state index contributed by atoms with van der Waals surface area (Å²) in [5.74, 6) is 1.06. The van der Waals surface area contributed by atoms with Gasteiger partial charge in [-0.3, -0.25) is 4.90 Å². The summed E-state index contributed by atoms with van der Waals surface area (Å²) < 4.78 is 5.40. The van der Waals surface area contributed by atoms with Gasteiger partial charge in [0.1, 0.15) is 5.76 Å². The van der Waals surface area contributed by atoms with Gasteiger partial charge in [-0.05, 0) is 39.4 Å². The van der Waals surface area contributed by atoms with E-state index >= 15 is 0 Å². The molecule has 0 spiro atoms. The lowest BCUT2D eigenvalue weighted by Gasteiger charge is -2.35. The highest BCUT2D eigenvalue weighted by Gasteiger charge is 2.40. The zero-order chi connectivity index (χ0) is 10.9. The van der Waals surface area contributed by atoms with Crippen LogP contribution in [-0.4, -0.2) is 30.1 Å². The first kappa shape index (κ1) is 10.7. The summed E-state index contributed by atoms with van der Waals surface area (Å²) in [6.45, 7) is 6.64. The first-order valence-electron chi connectivity index (χ1n) is 5.59. The fourth-order valence-corrected chi connectivity index (χ4v) is 2.52. The van der Waals surface area contributed by atoms with Crippen molar-refractivity contribution in [3.8, 4) is 0 Å². The number of likely N-dealkylation sites (N-methyl/N-ethyl adjacent to an activating group) is 1. The lowest BCUT2D eigenvalue weighted by atomic mass is 9.96. The molecule has 0 amide bonds. The minimum atomic E-state index is 0.210. The number of hydrogen-bond acceptors (Lipinski definition) is 3. The van der Waals surface area contributed by atoms with Crippen molar-refractivity contribution in [2.45, 2.75) is 38.4 Å². The van der Waals surface area contributed by atoms with E-state index in [4.69, 9.17) is 4.42 Å². The standard InChI is InChI=1S/C12H20N2O/c1-12(2)11(13-3)6-7-14(12)9-10-5-4-8-15-10/h4-5,8,11,13H,6-7,9H2,1-3H3.